The van der Waals surface area contributed by atoms with E-state index in [0.717, 1.165) is 17.7 Å². The first-order valence-electron chi connectivity index (χ1n) is 7.84. The summed E-state index contributed by atoms with van der Waals surface area (Å²) in [6, 6.07) is 13.1. The third-order valence-corrected chi connectivity index (χ3v) is 3.66. The molecule has 0 aliphatic rings. The van der Waals surface area contributed by atoms with Crippen LogP contribution in [-0.2, 0) is 4.79 Å². The lowest BCUT2D eigenvalue weighted by atomic mass is 10.0. The third-order valence-electron chi connectivity index (χ3n) is 3.66. The Morgan fingerprint density at radius 2 is 1.92 bits per heavy atom. The maximum atomic E-state index is 12.1. The molecule has 1 atom stereocenters. The van der Waals surface area contributed by atoms with E-state index in [2.05, 4.69) is 5.32 Å². The molecule has 0 bridgehead atoms. The van der Waals surface area contributed by atoms with Gasteiger partial charge in [-0.2, -0.15) is 0 Å². The topological polar surface area (TPSA) is 90.7 Å². The number of non-ortho nitro benzene ring substituents is 1. The van der Waals surface area contributed by atoms with Gasteiger partial charge in [0.1, 0.15) is 11.5 Å². The smallest absolute Gasteiger partial charge is 0.273 e. The van der Waals surface area contributed by atoms with Gasteiger partial charge in [-0.05, 0) is 30.2 Å². The van der Waals surface area contributed by atoms with Crippen molar-refractivity contribution in [2.45, 2.75) is 19.4 Å². The SMILES string of the molecule is CCC(NC(=O)COc1cccc([N+](=O)[O-])c1)c1ccc(OC)cc1. The van der Waals surface area contributed by atoms with Gasteiger partial charge in [-0.25, -0.2) is 0 Å². The molecule has 0 aliphatic heterocycles. The van der Waals surface area contributed by atoms with Crippen molar-refractivity contribution in [1.29, 1.82) is 0 Å². The van der Waals surface area contributed by atoms with E-state index in [1.807, 2.05) is 31.2 Å². The fourth-order valence-electron chi connectivity index (χ4n) is 2.33. The molecule has 1 N–H and O–H groups in total. The first-order chi connectivity index (χ1) is 12.0. The van der Waals surface area contributed by atoms with Gasteiger partial charge in [0, 0.05) is 6.07 Å². The van der Waals surface area contributed by atoms with E-state index < -0.39 is 4.92 Å². The van der Waals surface area contributed by atoms with E-state index in [4.69, 9.17) is 9.47 Å². The van der Waals surface area contributed by atoms with E-state index in [-0.39, 0.29) is 30.0 Å². The summed E-state index contributed by atoms with van der Waals surface area (Å²) in [6.45, 7) is 1.75. The summed E-state index contributed by atoms with van der Waals surface area (Å²) in [6.07, 6.45) is 0.717. The molecule has 2 rings (SSSR count). The number of amides is 1. The summed E-state index contributed by atoms with van der Waals surface area (Å²) >= 11 is 0. The standard InChI is InChI=1S/C18H20N2O5/c1-3-17(13-7-9-15(24-2)10-8-13)19-18(21)12-25-16-6-4-5-14(11-16)20(22)23/h4-11,17H,3,12H2,1-2H3,(H,19,21). The van der Waals surface area contributed by atoms with Crippen LogP contribution in [0.5, 0.6) is 11.5 Å². The number of hydrogen-bond acceptors (Lipinski definition) is 5. The highest BCUT2D eigenvalue weighted by Gasteiger charge is 2.14. The minimum Gasteiger partial charge on any atom is -0.497 e. The monoisotopic (exact) mass is 344 g/mol. The molecule has 1 unspecified atom stereocenters. The van der Waals surface area contributed by atoms with Crippen LogP contribution in [0, 0.1) is 10.1 Å². The van der Waals surface area contributed by atoms with Gasteiger partial charge in [0.25, 0.3) is 11.6 Å². The molecule has 0 radical (unpaired) electrons. The zero-order valence-electron chi connectivity index (χ0n) is 14.1. The van der Waals surface area contributed by atoms with Crippen molar-refractivity contribution in [1.82, 2.24) is 5.32 Å². The number of nitrogens with zero attached hydrogens (tertiary/aromatic N) is 1. The van der Waals surface area contributed by atoms with E-state index in [1.54, 1.807) is 13.2 Å². The summed E-state index contributed by atoms with van der Waals surface area (Å²) in [4.78, 5) is 22.3. The molecule has 0 aromatic heterocycles. The van der Waals surface area contributed by atoms with E-state index >= 15 is 0 Å². The second-order valence-corrected chi connectivity index (χ2v) is 5.34. The van der Waals surface area contributed by atoms with Crippen molar-refractivity contribution >= 4 is 11.6 Å². The van der Waals surface area contributed by atoms with E-state index in [9.17, 15) is 14.9 Å². The number of methoxy groups -OCH3 is 1. The zero-order chi connectivity index (χ0) is 18.2. The van der Waals surface area contributed by atoms with Gasteiger partial charge in [-0.3, -0.25) is 14.9 Å². The number of nitro groups is 1. The maximum absolute atomic E-state index is 12.1. The minimum absolute atomic E-state index is 0.0809. The number of carbonyl (C=O) groups is 1. The Hall–Kier alpha value is -3.09. The van der Waals surface area contributed by atoms with Crippen molar-refractivity contribution in [3.8, 4) is 11.5 Å². The highest BCUT2D eigenvalue weighted by molar-refractivity contribution is 5.78. The molecule has 2 aromatic carbocycles. The van der Waals surface area contributed by atoms with Gasteiger partial charge < -0.3 is 14.8 Å². The molecular weight excluding hydrogens is 324 g/mol. The molecule has 0 saturated heterocycles. The van der Waals surface area contributed by atoms with Crippen molar-refractivity contribution in [2.24, 2.45) is 0 Å². The largest absolute Gasteiger partial charge is 0.497 e. The second-order valence-electron chi connectivity index (χ2n) is 5.34. The highest BCUT2D eigenvalue weighted by atomic mass is 16.6. The van der Waals surface area contributed by atoms with Crippen LogP contribution in [0.3, 0.4) is 0 Å². The fraction of sp³-hybridized carbons (Fsp3) is 0.278. The predicted octanol–water partition coefficient (Wildman–Crippen LogP) is 3.25. The number of rotatable bonds is 8. The summed E-state index contributed by atoms with van der Waals surface area (Å²) in [5, 5.41) is 13.6. The van der Waals surface area contributed by atoms with Crippen molar-refractivity contribution < 1.29 is 19.2 Å². The van der Waals surface area contributed by atoms with Crippen LogP contribution in [0.25, 0.3) is 0 Å². The Kier molecular flexibility index (Phi) is 6.33. The number of carbonyl (C=O) groups excluding carboxylic acids is 1. The van der Waals surface area contributed by atoms with Gasteiger partial charge in [0.05, 0.1) is 24.1 Å². The predicted molar refractivity (Wildman–Crippen MR) is 92.8 cm³/mol. The van der Waals surface area contributed by atoms with Crippen molar-refractivity contribution in [2.75, 3.05) is 13.7 Å². The summed E-state index contributed by atoms with van der Waals surface area (Å²) in [7, 11) is 1.60. The Bertz CT molecular complexity index is 731. The number of nitrogens with one attached hydrogen (secondary N) is 1. The van der Waals surface area contributed by atoms with Crippen LogP contribution in [0.2, 0.25) is 0 Å². The Morgan fingerprint density at radius 1 is 1.20 bits per heavy atom. The lowest BCUT2D eigenvalue weighted by molar-refractivity contribution is -0.384. The Balaban J connectivity index is 1.93. The van der Waals surface area contributed by atoms with E-state index in [1.165, 1.54) is 18.2 Å². The fourth-order valence-corrected chi connectivity index (χ4v) is 2.33. The molecule has 0 fully saturated rings. The third kappa shape index (κ3) is 5.20. The Morgan fingerprint density at radius 3 is 2.52 bits per heavy atom. The van der Waals surface area contributed by atoms with Gasteiger partial charge in [-0.15, -0.1) is 0 Å². The van der Waals surface area contributed by atoms with Gasteiger partial charge in [-0.1, -0.05) is 25.1 Å². The van der Waals surface area contributed by atoms with Crippen LogP contribution in [0.4, 0.5) is 5.69 Å². The van der Waals surface area contributed by atoms with Crippen molar-refractivity contribution in [3.63, 3.8) is 0 Å². The van der Waals surface area contributed by atoms with Crippen LogP contribution >= 0.6 is 0 Å². The lowest BCUT2D eigenvalue weighted by Crippen LogP contribution is -2.32. The van der Waals surface area contributed by atoms with Crippen LogP contribution in [0.1, 0.15) is 24.9 Å². The first-order valence-corrected chi connectivity index (χ1v) is 7.84. The summed E-state index contributed by atoms with van der Waals surface area (Å²) in [5.41, 5.74) is 0.884. The normalized spacial score (nSPS) is 11.4. The van der Waals surface area contributed by atoms with Gasteiger partial charge in [0.15, 0.2) is 6.61 Å². The quantitative estimate of drug-likeness (QED) is 0.586. The Labute approximate surface area is 145 Å². The molecule has 7 nitrogen and oxygen atoms in total. The van der Waals surface area contributed by atoms with Gasteiger partial charge >= 0.3 is 0 Å². The van der Waals surface area contributed by atoms with E-state index in [0.29, 0.717) is 0 Å². The number of nitro benzene ring substituents is 1. The maximum Gasteiger partial charge on any atom is 0.273 e. The average Bonchev–Trinajstić information content (AvgIpc) is 2.64. The average molecular weight is 344 g/mol. The summed E-state index contributed by atoms with van der Waals surface area (Å²) < 4.78 is 10.5. The molecule has 2 aromatic rings. The minimum atomic E-state index is -0.510. The summed E-state index contributed by atoms with van der Waals surface area (Å²) in [5.74, 6) is 0.731. The first kappa shape index (κ1) is 18.3. The molecule has 25 heavy (non-hydrogen) atoms. The van der Waals surface area contributed by atoms with Crippen molar-refractivity contribution in [3.05, 3.63) is 64.2 Å². The van der Waals surface area contributed by atoms with Crippen LogP contribution in [-0.4, -0.2) is 24.5 Å². The number of ether oxygens (including phenoxy) is 2. The number of hydrogen-bond donors (Lipinski definition) is 1. The van der Waals surface area contributed by atoms with Crippen LogP contribution < -0.4 is 14.8 Å². The lowest BCUT2D eigenvalue weighted by Gasteiger charge is -2.18. The molecule has 7 heteroatoms. The zero-order valence-corrected chi connectivity index (χ0v) is 14.1. The van der Waals surface area contributed by atoms with Gasteiger partial charge in [0.2, 0.25) is 0 Å². The molecule has 132 valence electrons. The molecule has 0 heterocycles. The molecule has 0 spiro atoms. The highest BCUT2D eigenvalue weighted by Crippen LogP contribution is 2.21. The van der Waals surface area contributed by atoms with Crippen LogP contribution in [0.15, 0.2) is 48.5 Å². The molecular formula is C18H20N2O5. The molecule has 0 aliphatic carbocycles. The molecule has 1 amide bonds. The molecule has 0 saturated carbocycles. The number of benzene rings is 2. The second kappa shape index (κ2) is 8.68.